The molecule has 35 heavy (non-hydrogen) atoms. The zero-order valence-corrected chi connectivity index (χ0v) is 20.5. The van der Waals surface area contributed by atoms with Gasteiger partial charge in [0.15, 0.2) is 0 Å². The second-order valence-corrected chi connectivity index (χ2v) is 9.36. The molecule has 180 valence electrons. The van der Waals surface area contributed by atoms with Gasteiger partial charge in [0.05, 0.1) is 24.5 Å². The van der Waals surface area contributed by atoms with Crippen LogP contribution < -0.4 is 4.74 Å². The standard InChI is InChI=1S/C25H22ClFN4O3S/c1-3-21(32)30-13-17(14-30)31-12-15(11-28-31)23-22(24-19(6-9-35-24)25(26)29-23)18-5-4-16(27)10-20(18)34-8-7-33-2/h3-6,9-12,17H,1,7-8,13-14H2,2H3. The van der Waals surface area contributed by atoms with E-state index in [4.69, 9.17) is 26.1 Å². The topological polar surface area (TPSA) is 69.5 Å². The number of nitrogens with zero attached hydrogens (tertiary/aromatic N) is 4. The third kappa shape index (κ3) is 4.42. The highest BCUT2D eigenvalue weighted by Gasteiger charge is 2.31. The number of halogens is 2. The molecule has 4 aromatic rings. The van der Waals surface area contributed by atoms with Crippen LogP contribution in [-0.4, -0.2) is 59.0 Å². The van der Waals surface area contributed by atoms with E-state index in [9.17, 15) is 9.18 Å². The van der Waals surface area contributed by atoms with E-state index in [1.807, 2.05) is 22.3 Å². The summed E-state index contributed by atoms with van der Waals surface area (Å²) in [6.07, 6.45) is 4.94. The maximum Gasteiger partial charge on any atom is 0.246 e. The number of benzene rings is 1. The van der Waals surface area contributed by atoms with Crippen molar-refractivity contribution in [1.82, 2.24) is 19.7 Å². The Morgan fingerprint density at radius 2 is 2.17 bits per heavy atom. The summed E-state index contributed by atoms with van der Waals surface area (Å²) in [6.45, 7) is 5.30. The molecular formula is C25H22ClFN4O3S. The Morgan fingerprint density at radius 1 is 1.34 bits per heavy atom. The summed E-state index contributed by atoms with van der Waals surface area (Å²) in [6, 6.07) is 6.45. The summed E-state index contributed by atoms with van der Waals surface area (Å²) in [4.78, 5) is 18.2. The first-order valence-electron chi connectivity index (χ1n) is 10.9. The summed E-state index contributed by atoms with van der Waals surface area (Å²) in [7, 11) is 1.58. The van der Waals surface area contributed by atoms with E-state index < -0.39 is 5.82 Å². The van der Waals surface area contributed by atoms with Crippen LogP contribution in [-0.2, 0) is 9.53 Å². The van der Waals surface area contributed by atoms with E-state index in [1.54, 1.807) is 24.3 Å². The van der Waals surface area contributed by atoms with Crippen LogP contribution in [0.4, 0.5) is 4.39 Å². The zero-order valence-electron chi connectivity index (χ0n) is 18.9. The number of thiophene rings is 1. The molecule has 1 aromatic carbocycles. The molecule has 1 fully saturated rings. The van der Waals surface area contributed by atoms with E-state index >= 15 is 0 Å². The van der Waals surface area contributed by atoms with Crippen LogP contribution in [0.15, 0.2) is 54.7 Å². The molecule has 0 radical (unpaired) electrons. The number of rotatable bonds is 8. The number of hydrogen-bond donors (Lipinski definition) is 0. The van der Waals surface area contributed by atoms with Crippen molar-refractivity contribution in [3.63, 3.8) is 0 Å². The minimum absolute atomic E-state index is 0.0656. The Bertz CT molecular complexity index is 1410. The van der Waals surface area contributed by atoms with Gasteiger partial charge in [-0.2, -0.15) is 5.10 Å². The van der Waals surface area contributed by atoms with Gasteiger partial charge in [0.1, 0.15) is 23.3 Å². The number of carbonyl (C=O) groups is 1. The highest BCUT2D eigenvalue weighted by Crippen LogP contribution is 2.45. The van der Waals surface area contributed by atoms with Crippen LogP contribution in [0.2, 0.25) is 5.15 Å². The third-order valence-electron chi connectivity index (χ3n) is 5.92. The molecule has 1 saturated heterocycles. The van der Waals surface area contributed by atoms with Crippen LogP contribution >= 0.6 is 22.9 Å². The van der Waals surface area contributed by atoms with Crippen molar-refractivity contribution in [3.8, 4) is 28.1 Å². The van der Waals surface area contributed by atoms with E-state index in [1.165, 1.54) is 29.5 Å². The second-order valence-electron chi connectivity index (χ2n) is 8.08. The Hall–Kier alpha value is -3.27. The van der Waals surface area contributed by atoms with E-state index in [2.05, 4.69) is 11.7 Å². The number of pyridine rings is 1. The van der Waals surface area contributed by atoms with Gasteiger partial charge in [-0.15, -0.1) is 11.3 Å². The van der Waals surface area contributed by atoms with E-state index in [0.29, 0.717) is 41.9 Å². The normalized spacial score (nSPS) is 13.7. The quantitative estimate of drug-likeness (QED) is 0.184. The number of carbonyl (C=O) groups excluding carboxylic acids is 1. The lowest BCUT2D eigenvalue weighted by Crippen LogP contribution is -2.50. The lowest BCUT2D eigenvalue weighted by atomic mass is 9.99. The summed E-state index contributed by atoms with van der Waals surface area (Å²) < 4.78 is 27.9. The van der Waals surface area contributed by atoms with Crippen LogP contribution in [0.5, 0.6) is 5.75 Å². The first-order chi connectivity index (χ1) is 17.0. The molecular weight excluding hydrogens is 491 g/mol. The average Bonchev–Trinajstić information content (AvgIpc) is 3.49. The molecule has 1 amide bonds. The summed E-state index contributed by atoms with van der Waals surface area (Å²) in [5, 5.41) is 7.67. The lowest BCUT2D eigenvalue weighted by molar-refractivity contribution is -0.131. The maximum absolute atomic E-state index is 14.2. The molecule has 0 atom stereocenters. The van der Waals surface area contributed by atoms with Gasteiger partial charge in [-0.1, -0.05) is 18.2 Å². The minimum Gasteiger partial charge on any atom is -0.490 e. The molecule has 10 heteroatoms. The average molecular weight is 513 g/mol. The number of methoxy groups -OCH3 is 1. The van der Waals surface area contributed by atoms with E-state index in [-0.39, 0.29) is 18.6 Å². The van der Waals surface area contributed by atoms with Gasteiger partial charge in [-0.25, -0.2) is 9.37 Å². The molecule has 1 aliphatic heterocycles. The number of likely N-dealkylation sites (tertiary alicyclic amines) is 1. The van der Waals surface area contributed by atoms with Crippen molar-refractivity contribution in [2.45, 2.75) is 6.04 Å². The molecule has 5 rings (SSSR count). The highest BCUT2D eigenvalue weighted by atomic mass is 35.5. The molecule has 0 spiro atoms. The number of ether oxygens (including phenoxy) is 2. The molecule has 1 aliphatic rings. The Balaban J connectivity index is 1.59. The van der Waals surface area contributed by atoms with Gasteiger partial charge < -0.3 is 14.4 Å². The Morgan fingerprint density at radius 3 is 2.94 bits per heavy atom. The molecule has 0 saturated carbocycles. The predicted octanol–water partition coefficient (Wildman–Crippen LogP) is 5.21. The van der Waals surface area contributed by atoms with Crippen LogP contribution in [0, 0.1) is 5.82 Å². The number of aromatic nitrogens is 3. The summed E-state index contributed by atoms with van der Waals surface area (Å²) in [5.41, 5.74) is 2.88. The molecule has 0 unspecified atom stereocenters. The first kappa shape index (κ1) is 23.5. The third-order valence-corrected chi connectivity index (χ3v) is 7.14. The van der Waals surface area contributed by atoms with Crippen LogP contribution in [0.25, 0.3) is 32.5 Å². The fraction of sp³-hybridized carbons (Fsp3) is 0.240. The second kappa shape index (κ2) is 9.77. The Kier molecular flexibility index (Phi) is 6.55. The molecule has 7 nitrogen and oxygen atoms in total. The predicted molar refractivity (Wildman–Crippen MR) is 134 cm³/mol. The molecule has 3 aromatic heterocycles. The zero-order chi connectivity index (χ0) is 24.5. The van der Waals surface area contributed by atoms with Crippen molar-refractivity contribution in [1.29, 1.82) is 0 Å². The molecule has 4 heterocycles. The van der Waals surface area contributed by atoms with Gasteiger partial charge in [-0.3, -0.25) is 9.48 Å². The van der Waals surface area contributed by atoms with Crippen LogP contribution in [0.3, 0.4) is 0 Å². The maximum atomic E-state index is 14.2. The van der Waals surface area contributed by atoms with Crippen molar-refractivity contribution in [3.05, 3.63) is 65.7 Å². The number of fused-ring (bicyclic) bond motifs is 1. The fourth-order valence-electron chi connectivity index (χ4n) is 4.09. The summed E-state index contributed by atoms with van der Waals surface area (Å²) in [5.74, 6) is -0.0969. The van der Waals surface area contributed by atoms with Crippen molar-refractivity contribution in [2.75, 3.05) is 33.4 Å². The van der Waals surface area contributed by atoms with Gasteiger partial charge in [0, 0.05) is 59.2 Å². The largest absolute Gasteiger partial charge is 0.490 e. The van der Waals surface area contributed by atoms with Crippen molar-refractivity contribution < 1.29 is 18.7 Å². The number of amides is 1. The fourth-order valence-corrected chi connectivity index (χ4v) is 5.35. The molecule has 0 N–H and O–H groups in total. The van der Waals surface area contributed by atoms with Crippen molar-refractivity contribution >= 4 is 38.9 Å². The monoisotopic (exact) mass is 512 g/mol. The Labute approximate surface area is 210 Å². The SMILES string of the molecule is C=CC(=O)N1CC(n2cc(-c3nc(Cl)c4ccsc4c3-c3ccc(F)cc3OCCOC)cn2)C1. The van der Waals surface area contributed by atoms with Crippen molar-refractivity contribution in [2.24, 2.45) is 0 Å². The number of hydrogen-bond acceptors (Lipinski definition) is 6. The van der Waals surface area contributed by atoms with E-state index in [0.717, 1.165) is 21.2 Å². The smallest absolute Gasteiger partial charge is 0.246 e. The van der Waals surface area contributed by atoms with Crippen LogP contribution in [0.1, 0.15) is 6.04 Å². The molecule has 0 aliphatic carbocycles. The summed E-state index contributed by atoms with van der Waals surface area (Å²) >= 11 is 8.09. The van der Waals surface area contributed by atoms with Gasteiger partial charge in [0.25, 0.3) is 0 Å². The minimum atomic E-state index is -0.400. The highest BCUT2D eigenvalue weighted by molar-refractivity contribution is 7.18. The molecule has 0 bridgehead atoms. The van der Waals surface area contributed by atoms with Gasteiger partial charge in [-0.05, 0) is 29.7 Å². The lowest BCUT2D eigenvalue weighted by Gasteiger charge is -2.38. The van der Waals surface area contributed by atoms with Gasteiger partial charge in [0.2, 0.25) is 5.91 Å². The first-order valence-corrected chi connectivity index (χ1v) is 12.2. The van der Waals surface area contributed by atoms with Gasteiger partial charge >= 0.3 is 0 Å².